The van der Waals surface area contributed by atoms with Crippen molar-refractivity contribution >= 4 is 52.1 Å². The Balaban J connectivity index is 1.37. The lowest BCUT2D eigenvalue weighted by molar-refractivity contribution is 0.0746. The Bertz CT molecular complexity index is 1450. The Morgan fingerprint density at radius 1 is 0.884 bits per heavy atom. The zero-order chi connectivity index (χ0) is 30.9. The standard InChI is InChI=1S/C32H37ClN4O5S/c1-5-40-27-18-22(19-28(41-6-2)29(27)42-7-3)30(38)35-32(43)34-23-12-13-26(25(33)20-23)36-14-16-37(17-15-36)31(39)24-11-9-8-10-21(24)4/h8-13,18-20H,5-7,14-17H2,1-4H3,(H2,34,35,38,43). The van der Waals surface area contributed by atoms with E-state index in [1.54, 1.807) is 18.2 Å². The highest BCUT2D eigenvalue weighted by Gasteiger charge is 2.24. The van der Waals surface area contributed by atoms with Crippen molar-refractivity contribution in [2.45, 2.75) is 27.7 Å². The van der Waals surface area contributed by atoms with Crippen LogP contribution in [0.2, 0.25) is 5.02 Å². The molecule has 0 atom stereocenters. The number of rotatable bonds is 10. The van der Waals surface area contributed by atoms with Crippen molar-refractivity contribution in [1.29, 1.82) is 0 Å². The van der Waals surface area contributed by atoms with Gasteiger partial charge in [0.15, 0.2) is 16.6 Å². The van der Waals surface area contributed by atoms with Crippen LogP contribution >= 0.6 is 23.8 Å². The minimum Gasteiger partial charge on any atom is -0.490 e. The molecule has 43 heavy (non-hydrogen) atoms. The number of aryl methyl sites for hydroxylation is 1. The maximum absolute atomic E-state index is 13.1. The largest absolute Gasteiger partial charge is 0.490 e. The van der Waals surface area contributed by atoms with Crippen molar-refractivity contribution in [3.8, 4) is 17.2 Å². The lowest BCUT2D eigenvalue weighted by Gasteiger charge is -2.36. The number of benzene rings is 3. The van der Waals surface area contributed by atoms with Gasteiger partial charge in [-0.1, -0.05) is 29.8 Å². The van der Waals surface area contributed by atoms with Crippen LogP contribution in [-0.2, 0) is 0 Å². The van der Waals surface area contributed by atoms with E-state index >= 15 is 0 Å². The summed E-state index contributed by atoms with van der Waals surface area (Å²) in [5.74, 6) is 0.914. The minimum atomic E-state index is -0.428. The third kappa shape index (κ3) is 7.88. The number of carbonyl (C=O) groups excluding carboxylic acids is 2. The van der Waals surface area contributed by atoms with E-state index in [2.05, 4.69) is 15.5 Å². The Labute approximate surface area is 263 Å². The fourth-order valence-corrected chi connectivity index (χ4v) is 5.34. The van der Waals surface area contributed by atoms with Gasteiger partial charge >= 0.3 is 0 Å². The van der Waals surface area contributed by atoms with Crippen molar-refractivity contribution in [1.82, 2.24) is 10.2 Å². The van der Waals surface area contributed by atoms with E-state index in [0.29, 0.717) is 79.5 Å². The quantitative estimate of drug-likeness (QED) is 0.268. The van der Waals surface area contributed by atoms with Gasteiger partial charge in [0.2, 0.25) is 5.75 Å². The topological polar surface area (TPSA) is 92.4 Å². The van der Waals surface area contributed by atoms with E-state index in [0.717, 1.165) is 16.8 Å². The summed E-state index contributed by atoms with van der Waals surface area (Å²) in [5.41, 5.74) is 3.52. The van der Waals surface area contributed by atoms with Crippen LogP contribution in [0.1, 0.15) is 47.1 Å². The highest BCUT2D eigenvalue weighted by molar-refractivity contribution is 7.80. The maximum atomic E-state index is 13.1. The van der Waals surface area contributed by atoms with E-state index in [1.807, 2.05) is 69.0 Å². The molecular weight excluding hydrogens is 588 g/mol. The van der Waals surface area contributed by atoms with Crippen LogP contribution in [0.15, 0.2) is 54.6 Å². The maximum Gasteiger partial charge on any atom is 0.257 e. The first-order valence-corrected chi connectivity index (χ1v) is 15.1. The summed E-state index contributed by atoms with van der Waals surface area (Å²) in [6.45, 7) is 11.3. The SMILES string of the molecule is CCOc1cc(C(=O)NC(=S)Nc2ccc(N3CCN(C(=O)c4ccccc4C)CC3)c(Cl)c2)cc(OCC)c1OCC. The Kier molecular flexibility index (Phi) is 11.1. The van der Waals surface area contributed by atoms with Crippen LogP contribution in [0.3, 0.4) is 0 Å². The van der Waals surface area contributed by atoms with Crippen molar-refractivity contribution < 1.29 is 23.8 Å². The highest BCUT2D eigenvalue weighted by Crippen LogP contribution is 2.39. The number of hydrogen-bond acceptors (Lipinski definition) is 7. The zero-order valence-electron chi connectivity index (χ0n) is 24.9. The minimum absolute atomic E-state index is 0.0485. The Morgan fingerprint density at radius 3 is 2.09 bits per heavy atom. The molecule has 0 aliphatic carbocycles. The van der Waals surface area contributed by atoms with Crippen LogP contribution in [0, 0.1) is 6.92 Å². The normalized spacial score (nSPS) is 12.9. The Morgan fingerprint density at radius 2 is 1.51 bits per heavy atom. The molecule has 1 fully saturated rings. The van der Waals surface area contributed by atoms with Gasteiger partial charge in [0.05, 0.1) is 30.5 Å². The molecule has 228 valence electrons. The predicted octanol–water partition coefficient (Wildman–Crippen LogP) is 5.93. The molecule has 1 heterocycles. The van der Waals surface area contributed by atoms with Gasteiger partial charge in [-0.25, -0.2) is 0 Å². The summed E-state index contributed by atoms with van der Waals surface area (Å²) in [4.78, 5) is 30.1. The number of thiocarbonyl (C=S) groups is 1. The molecule has 0 radical (unpaired) electrons. The van der Waals surface area contributed by atoms with Gasteiger partial charge < -0.3 is 29.3 Å². The molecular formula is C32H37ClN4O5S. The predicted molar refractivity (Wildman–Crippen MR) is 174 cm³/mol. The number of nitrogens with zero attached hydrogens (tertiary/aromatic N) is 2. The summed E-state index contributed by atoms with van der Waals surface area (Å²) in [6, 6.07) is 16.4. The number of amides is 2. The molecule has 0 bridgehead atoms. The third-order valence-corrected chi connectivity index (χ3v) is 7.39. The van der Waals surface area contributed by atoms with Gasteiger partial charge in [-0.15, -0.1) is 0 Å². The molecule has 0 spiro atoms. The molecule has 11 heteroatoms. The monoisotopic (exact) mass is 624 g/mol. The summed E-state index contributed by atoms with van der Waals surface area (Å²) in [7, 11) is 0. The summed E-state index contributed by atoms with van der Waals surface area (Å²) in [6.07, 6.45) is 0. The van der Waals surface area contributed by atoms with Crippen LogP contribution < -0.4 is 29.7 Å². The first kappa shape index (κ1) is 31.9. The van der Waals surface area contributed by atoms with E-state index in [1.165, 1.54) is 0 Å². The molecule has 9 nitrogen and oxygen atoms in total. The van der Waals surface area contributed by atoms with Crippen molar-refractivity contribution in [3.63, 3.8) is 0 Å². The molecule has 1 saturated heterocycles. The third-order valence-electron chi connectivity index (χ3n) is 6.89. The molecule has 3 aromatic carbocycles. The molecule has 3 aromatic rings. The van der Waals surface area contributed by atoms with Gasteiger partial charge in [-0.3, -0.25) is 14.9 Å². The van der Waals surface area contributed by atoms with E-state index in [-0.39, 0.29) is 11.0 Å². The summed E-state index contributed by atoms with van der Waals surface area (Å²) >= 11 is 12.1. The number of carbonyl (C=O) groups is 2. The number of piperazine rings is 1. The van der Waals surface area contributed by atoms with Crippen LogP contribution in [0.25, 0.3) is 0 Å². The molecule has 1 aliphatic rings. The summed E-state index contributed by atoms with van der Waals surface area (Å²) < 4.78 is 17.1. The lowest BCUT2D eigenvalue weighted by Crippen LogP contribution is -2.49. The highest BCUT2D eigenvalue weighted by atomic mass is 35.5. The number of halogens is 1. The van der Waals surface area contributed by atoms with Crippen LogP contribution in [0.5, 0.6) is 17.2 Å². The second kappa shape index (κ2) is 14.9. The number of hydrogen-bond donors (Lipinski definition) is 2. The van der Waals surface area contributed by atoms with Crippen LogP contribution in [-0.4, -0.2) is 67.8 Å². The van der Waals surface area contributed by atoms with E-state index in [9.17, 15) is 9.59 Å². The first-order chi connectivity index (χ1) is 20.7. The fraction of sp³-hybridized carbons (Fsp3) is 0.344. The second-order valence-corrected chi connectivity index (χ2v) is 10.6. The zero-order valence-corrected chi connectivity index (χ0v) is 26.4. The number of nitrogens with one attached hydrogen (secondary N) is 2. The van der Waals surface area contributed by atoms with E-state index in [4.69, 9.17) is 38.0 Å². The summed E-state index contributed by atoms with van der Waals surface area (Å²) in [5, 5.41) is 6.38. The van der Waals surface area contributed by atoms with Crippen LogP contribution in [0.4, 0.5) is 11.4 Å². The molecule has 0 aromatic heterocycles. The number of ether oxygens (including phenoxy) is 3. The molecule has 0 unspecified atom stereocenters. The van der Waals surface area contributed by atoms with E-state index < -0.39 is 5.91 Å². The number of anilines is 2. The first-order valence-electron chi connectivity index (χ1n) is 14.3. The van der Waals surface area contributed by atoms with Gasteiger partial charge in [0.1, 0.15) is 0 Å². The average Bonchev–Trinajstić information content (AvgIpc) is 2.99. The average molecular weight is 625 g/mol. The molecule has 0 saturated carbocycles. The fourth-order valence-electron chi connectivity index (χ4n) is 4.83. The second-order valence-electron chi connectivity index (χ2n) is 9.77. The van der Waals surface area contributed by atoms with Gasteiger partial charge in [-0.2, -0.15) is 0 Å². The Hall–Kier alpha value is -4.02. The van der Waals surface area contributed by atoms with Crippen molar-refractivity contribution in [2.75, 3.05) is 56.2 Å². The smallest absolute Gasteiger partial charge is 0.257 e. The van der Waals surface area contributed by atoms with Gasteiger partial charge in [0, 0.05) is 43.0 Å². The van der Waals surface area contributed by atoms with Gasteiger partial charge in [-0.05, 0) is 81.9 Å². The molecule has 2 N–H and O–H groups in total. The lowest BCUT2D eigenvalue weighted by atomic mass is 10.1. The van der Waals surface area contributed by atoms with Crippen molar-refractivity contribution in [3.05, 3.63) is 76.3 Å². The van der Waals surface area contributed by atoms with Gasteiger partial charge in [0.25, 0.3) is 11.8 Å². The van der Waals surface area contributed by atoms with Crippen molar-refractivity contribution in [2.24, 2.45) is 0 Å². The molecule has 2 amide bonds. The molecule has 1 aliphatic heterocycles. The molecule has 4 rings (SSSR count).